The molecule has 4 heteroatoms. The monoisotopic (exact) mass is 282 g/mol. The maximum Gasteiger partial charge on any atom is 0.160 e. The van der Waals surface area contributed by atoms with Crippen molar-refractivity contribution in [2.45, 2.75) is 25.3 Å². The van der Waals surface area contributed by atoms with Gasteiger partial charge in [0.2, 0.25) is 0 Å². The lowest BCUT2D eigenvalue weighted by atomic mass is 9.67. The van der Waals surface area contributed by atoms with Crippen LogP contribution in [0.5, 0.6) is 0 Å². The summed E-state index contributed by atoms with van der Waals surface area (Å²) >= 11 is 0. The minimum Gasteiger partial charge on any atom is -0.380 e. The summed E-state index contributed by atoms with van der Waals surface area (Å²) in [5, 5.41) is 5.18. The first-order valence-corrected chi connectivity index (χ1v) is 7.38. The number of hydrogen-bond acceptors (Lipinski definition) is 4. The molecule has 1 saturated heterocycles. The summed E-state index contributed by atoms with van der Waals surface area (Å²) in [6, 6.07) is -0.264. The molecule has 1 N–H and O–H groups in total. The molecule has 0 radical (unpaired) electrons. The fraction of sp³-hybridized carbons (Fsp3) is 0.353. The van der Waals surface area contributed by atoms with Gasteiger partial charge in [0.25, 0.3) is 0 Å². The van der Waals surface area contributed by atoms with E-state index >= 15 is 0 Å². The van der Waals surface area contributed by atoms with Crippen LogP contribution >= 0.6 is 0 Å². The normalized spacial score (nSPS) is 33.2. The van der Waals surface area contributed by atoms with Crippen molar-refractivity contribution in [2.75, 3.05) is 7.11 Å². The van der Waals surface area contributed by atoms with Gasteiger partial charge in [-0.05, 0) is 30.7 Å². The molecule has 0 aromatic carbocycles. The Kier molecular flexibility index (Phi) is 2.69. The molecule has 108 valence electrons. The third-order valence-electron chi connectivity index (χ3n) is 4.72. The van der Waals surface area contributed by atoms with Gasteiger partial charge < -0.3 is 5.32 Å². The lowest BCUT2D eigenvalue weighted by Gasteiger charge is -2.38. The SMILES string of the molecule is CON1C2=CCCC=C2C23C=CC=CNC2C(=O)CC=C13. The number of nitrogens with zero attached hydrogens (tertiary/aromatic N) is 1. The van der Waals surface area contributed by atoms with Crippen molar-refractivity contribution >= 4 is 5.78 Å². The third-order valence-corrected chi connectivity index (χ3v) is 4.72. The van der Waals surface area contributed by atoms with Crippen LogP contribution in [0.15, 0.2) is 59.6 Å². The van der Waals surface area contributed by atoms with Crippen molar-refractivity contribution < 1.29 is 9.63 Å². The van der Waals surface area contributed by atoms with Crippen LogP contribution in [0.3, 0.4) is 0 Å². The van der Waals surface area contributed by atoms with Crippen molar-refractivity contribution in [1.82, 2.24) is 10.4 Å². The Bertz CT molecular complexity index is 654. The van der Waals surface area contributed by atoms with E-state index in [-0.39, 0.29) is 11.8 Å². The van der Waals surface area contributed by atoms with Gasteiger partial charge in [-0.3, -0.25) is 9.63 Å². The van der Waals surface area contributed by atoms with Crippen LogP contribution in [-0.2, 0) is 9.63 Å². The molecule has 1 spiro atoms. The molecule has 1 fully saturated rings. The van der Waals surface area contributed by atoms with Gasteiger partial charge in [-0.1, -0.05) is 30.4 Å². The predicted octanol–water partition coefficient (Wildman–Crippen LogP) is 2.35. The lowest BCUT2D eigenvalue weighted by molar-refractivity contribution is -0.123. The standard InChI is InChI=1S/C17H18N2O2/c1-21-19-13-7-3-2-6-12(13)17-10-4-5-11-18-16(17)14(20)8-9-15(17)19/h4-7,9-11,16,18H,2-3,8H2,1H3. The largest absolute Gasteiger partial charge is 0.380 e. The van der Waals surface area contributed by atoms with Crippen LogP contribution in [0, 0.1) is 5.41 Å². The Hall–Kier alpha value is -2.07. The second-order valence-corrected chi connectivity index (χ2v) is 5.71. The Labute approximate surface area is 124 Å². The minimum absolute atomic E-state index is 0.221. The first-order chi connectivity index (χ1) is 10.3. The average Bonchev–Trinajstić information content (AvgIpc) is 2.64. The average molecular weight is 282 g/mol. The summed E-state index contributed by atoms with van der Waals surface area (Å²) in [5.41, 5.74) is 2.89. The quantitative estimate of drug-likeness (QED) is 0.801. The zero-order chi connectivity index (χ0) is 14.4. The van der Waals surface area contributed by atoms with Gasteiger partial charge in [0.1, 0.15) is 6.04 Å². The van der Waals surface area contributed by atoms with Crippen molar-refractivity contribution in [3.05, 3.63) is 59.6 Å². The van der Waals surface area contributed by atoms with Crippen molar-refractivity contribution in [3.8, 4) is 0 Å². The topological polar surface area (TPSA) is 41.6 Å². The number of hydrogen-bond donors (Lipinski definition) is 1. The maximum atomic E-state index is 12.5. The van der Waals surface area contributed by atoms with E-state index in [0.29, 0.717) is 6.42 Å². The van der Waals surface area contributed by atoms with Crippen LogP contribution in [0.1, 0.15) is 19.3 Å². The molecule has 4 nitrogen and oxygen atoms in total. The second kappa shape index (κ2) is 4.46. The molecule has 2 aliphatic carbocycles. The second-order valence-electron chi connectivity index (χ2n) is 5.71. The number of fused-ring (bicyclic) bond motifs is 1. The van der Waals surface area contributed by atoms with Gasteiger partial charge in [0, 0.05) is 6.42 Å². The maximum absolute atomic E-state index is 12.5. The van der Waals surface area contributed by atoms with Crippen LogP contribution in [0.4, 0.5) is 0 Å². The summed E-state index contributed by atoms with van der Waals surface area (Å²) in [6.45, 7) is 0. The van der Waals surface area contributed by atoms with E-state index in [4.69, 9.17) is 4.84 Å². The first-order valence-electron chi connectivity index (χ1n) is 7.38. The molecule has 4 aliphatic rings. The number of ketones is 1. The third kappa shape index (κ3) is 1.51. The molecular formula is C17H18N2O2. The zero-order valence-corrected chi connectivity index (χ0v) is 12.0. The van der Waals surface area contributed by atoms with Crippen molar-refractivity contribution in [1.29, 1.82) is 0 Å². The molecule has 21 heavy (non-hydrogen) atoms. The molecule has 2 aliphatic heterocycles. The van der Waals surface area contributed by atoms with E-state index in [1.165, 1.54) is 5.57 Å². The van der Waals surface area contributed by atoms with Gasteiger partial charge in [-0.25, -0.2) is 5.06 Å². The first kappa shape index (κ1) is 12.7. The number of carbonyl (C=O) groups excluding carboxylic acids is 1. The van der Waals surface area contributed by atoms with Crippen molar-refractivity contribution in [3.63, 3.8) is 0 Å². The van der Waals surface area contributed by atoms with E-state index in [2.05, 4.69) is 23.5 Å². The predicted molar refractivity (Wildman–Crippen MR) is 79.6 cm³/mol. The number of rotatable bonds is 1. The Morgan fingerprint density at radius 3 is 3.00 bits per heavy atom. The molecule has 2 unspecified atom stereocenters. The smallest absolute Gasteiger partial charge is 0.160 e. The molecular weight excluding hydrogens is 264 g/mol. The summed E-state index contributed by atoms with van der Waals surface area (Å²) in [6.07, 6.45) is 16.9. The Balaban J connectivity index is 1.99. The molecule has 4 rings (SSSR count). The Morgan fingerprint density at radius 2 is 2.14 bits per heavy atom. The van der Waals surface area contributed by atoms with Crippen LogP contribution < -0.4 is 5.32 Å². The van der Waals surface area contributed by atoms with Crippen LogP contribution in [-0.4, -0.2) is 24.0 Å². The number of Topliss-reactive ketones (excluding diaryl/α,β-unsaturated/α-hetero) is 1. The van der Waals surface area contributed by atoms with Gasteiger partial charge in [-0.15, -0.1) is 0 Å². The van der Waals surface area contributed by atoms with E-state index in [9.17, 15) is 4.79 Å². The van der Waals surface area contributed by atoms with E-state index in [0.717, 1.165) is 24.2 Å². The van der Waals surface area contributed by atoms with E-state index in [1.54, 1.807) is 7.11 Å². The highest BCUT2D eigenvalue weighted by Crippen LogP contribution is 2.57. The van der Waals surface area contributed by atoms with Gasteiger partial charge in [0.05, 0.1) is 23.9 Å². The molecule has 2 atom stereocenters. The van der Waals surface area contributed by atoms with Crippen molar-refractivity contribution in [2.24, 2.45) is 5.41 Å². The molecule has 2 heterocycles. The van der Waals surface area contributed by atoms with E-state index in [1.807, 2.05) is 29.5 Å². The van der Waals surface area contributed by atoms with Gasteiger partial charge in [-0.2, -0.15) is 0 Å². The molecule has 0 aromatic rings. The summed E-state index contributed by atoms with van der Waals surface area (Å²) in [4.78, 5) is 18.1. The highest BCUT2D eigenvalue weighted by atomic mass is 16.7. The summed E-state index contributed by atoms with van der Waals surface area (Å²) < 4.78 is 0. The highest BCUT2D eigenvalue weighted by molar-refractivity contribution is 5.91. The highest BCUT2D eigenvalue weighted by Gasteiger charge is 2.57. The number of allylic oxidation sites excluding steroid dienone is 6. The minimum atomic E-state index is -0.443. The Morgan fingerprint density at radius 1 is 1.29 bits per heavy atom. The van der Waals surface area contributed by atoms with Crippen LogP contribution in [0.2, 0.25) is 0 Å². The van der Waals surface area contributed by atoms with Gasteiger partial charge >= 0.3 is 0 Å². The van der Waals surface area contributed by atoms with Gasteiger partial charge in [0.15, 0.2) is 5.78 Å². The molecule has 0 bridgehead atoms. The fourth-order valence-corrected chi connectivity index (χ4v) is 3.90. The number of carbonyl (C=O) groups is 1. The molecule has 0 amide bonds. The summed E-state index contributed by atoms with van der Waals surface area (Å²) in [5.74, 6) is 0.221. The van der Waals surface area contributed by atoms with E-state index < -0.39 is 5.41 Å². The lowest BCUT2D eigenvalue weighted by Crippen LogP contribution is -2.50. The number of hydroxylamine groups is 2. The van der Waals surface area contributed by atoms with Crippen LogP contribution in [0.25, 0.3) is 0 Å². The molecule has 0 aromatic heterocycles. The molecule has 0 saturated carbocycles. The summed E-state index contributed by atoms with van der Waals surface area (Å²) in [7, 11) is 1.68. The number of nitrogens with one attached hydrogen (secondary N) is 1. The zero-order valence-electron chi connectivity index (χ0n) is 12.0. The fourth-order valence-electron chi connectivity index (χ4n) is 3.90.